The van der Waals surface area contributed by atoms with E-state index >= 15 is 0 Å². The predicted molar refractivity (Wildman–Crippen MR) is 66.7 cm³/mol. The number of rotatable bonds is 5. The first-order chi connectivity index (χ1) is 7.66. The van der Waals surface area contributed by atoms with Crippen molar-refractivity contribution in [3.63, 3.8) is 0 Å². The molecule has 2 rings (SSSR count). The SMILES string of the molecule is Cc1cc(OCCN(C)C2CC2)ccc1N. The monoisotopic (exact) mass is 220 g/mol. The van der Waals surface area contributed by atoms with Gasteiger partial charge in [0.1, 0.15) is 12.4 Å². The zero-order valence-corrected chi connectivity index (χ0v) is 10.1. The van der Waals surface area contributed by atoms with Crippen LogP contribution in [0.1, 0.15) is 18.4 Å². The number of ether oxygens (including phenoxy) is 1. The lowest BCUT2D eigenvalue weighted by molar-refractivity contribution is 0.232. The van der Waals surface area contributed by atoms with Crippen molar-refractivity contribution in [1.29, 1.82) is 0 Å². The molecule has 0 aliphatic heterocycles. The van der Waals surface area contributed by atoms with Gasteiger partial charge in [-0.15, -0.1) is 0 Å². The maximum Gasteiger partial charge on any atom is 0.119 e. The highest BCUT2D eigenvalue weighted by atomic mass is 16.5. The molecule has 3 nitrogen and oxygen atoms in total. The smallest absolute Gasteiger partial charge is 0.119 e. The fourth-order valence-corrected chi connectivity index (χ4v) is 1.74. The van der Waals surface area contributed by atoms with E-state index in [0.717, 1.165) is 36.2 Å². The van der Waals surface area contributed by atoms with Gasteiger partial charge in [-0.05, 0) is 50.6 Å². The minimum absolute atomic E-state index is 0.746. The van der Waals surface area contributed by atoms with Gasteiger partial charge >= 0.3 is 0 Å². The van der Waals surface area contributed by atoms with Crippen molar-refractivity contribution in [2.75, 3.05) is 25.9 Å². The molecule has 1 aromatic carbocycles. The van der Waals surface area contributed by atoms with Crippen LogP contribution in [0.25, 0.3) is 0 Å². The van der Waals surface area contributed by atoms with E-state index in [1.807, 2.05) is 25.1 Å². The summed E-state index contributed by atoms with van der Waals surface area (Å²) in [5.41, 5.74) is 7.65. The molecule has 0 spiro atoms. The number of nitrogens with zero attached hydrogens (tertiary/aromatic N) is 1. The second-order valence-electron chi connectivity index (χ2n) is 4.58. The van der Waals surface area contributed by atoms with Crippen LogP contribution < -0.4 is 10.5 Å². The van der Waals surface area contributed by atoms with Gasteiger partial charge in [-0.3, -0.25) is 0 Å². The van der Waals surface area contributed by atoms with Crippen LogP contribution in [0.15, 0.2) is 18.2 Å². The molecule has 0 radical (unpaired) electrons. The minimum Gasteiger partial charge on any atom is -0.492 e. The third-order valence-electron chi connectivity index (χ3n) is 3.12. The van der Waals surface area contributed by atoms with E-state index in [4.69, 9.17) is 10.5 Å². The van der Waals surface area contributed by atoms with E-state index in [2.05, 4.69) is 11.9 Å². The molecule has 0 unspecified atom stereocenters. The Balaban J connectivity index is 1.78. The Morgan fingerprint density at radius 3 is 2.81 bits per heavy atom. The molecule has 1 fully saturated rings. The summed E-state index contributed by atoms with van der Waals surface area (Å²) in [6.07, 6.45) is 2.69. The third kappa shape index (κ3) is 2.89. The molecule has 1 aliphatic carbocycles. The van der Waals surface area contributed by atoms with Gasteiger partial charge < -0.3 is 15.4 Å². The second kappa shape index (κ2) is 4.74. The Labute approximate surface area is 97.2 Å². The molecule has 0 amide bonds. The molecule has 88 valence electrons. The van der Waals surface area contributed by atoms with E-state index in [-0.39, 0.29) is 0 Å². The van der Waals surface area contributed by atoms with Crippen LogP contribution >= 0.6 is 0 Å². The summed E-state index contributed by atoms with van der Waals surface area (Å²) in [7, 11) is 2.16. The van der Waals surface area contributed by atoms with Crippen molar-refractivity contribution in [2.24, 2.45) is 0 Å². The number of likely N-dealkylation sites (N-methyl/N-ethyl adjacent to an activating group) is 1. The molecule has 3 heteroatoms. The van der Waals surface area contributed by atoms with Crippen molar-refractivity contribution >= 4 is 5.69 Å². The molecule has 1 aromatic rings. The Kier molecular flexibility index (Phi) is 3.34. The van der Waals surface area contributed by atoms with Gasteiger partial charge in [0.2, 0.25) is 0 Å². The van der Waals surface area contributed by atoms with Crippen molar-refractivity contribution in [2.45, 2.75) is 25.8 Å². The van der Waals surface area contributed by atoms with Gasteiger partial charge in [-0.1, -0.05) is 0 Å². The highest BCUT2D eigenvalue weighted by Crippen LogP contribution is 2.25. The Morgan fingerprint density at radius 2 is 2.19 bits per heavy atom. The lowest BCUT2D eigenvalue weighted by atomic mass is 10.2. The maximum absolute atomic E-state index is 5.75. The first-order valence-corrected chi connectivity index (χ1v) is 5.86. The Morgan fingerprint density at radius 1 is 1.44 bits per heavy atom. The van der Waals surface area contributed by atoms with E-state index < -0.39 is 0 Å². The van der Waals surface area contributed by atoms with Crippen LogP contribution in [-0.4, -0.2) is 31.1 Å². The fourth-order valence-electron chi connectivity index (χ4n) is 1.74. The lowest BCUT2D eigenvalue weighted by Crippen LogP contribution is -2.26. The molecule has 2 N–H and O–H groups in total. The summed E-state index contributed by atoms with van der Waals surface area (Å²) in [6.45, 7) is 3.74. The minimum atomic E-state index is 0.746. The van der Waals surface area contributed by atoms with Gasteiger partial charge in [-0.25, -0.2) is 0 Å². The zero-order chi connectivity index (χ0) is 11.5. The van der Waals surface area contributed by atoms with Crippen LogP contribution in [0.3, 0.4) is 0 Å². The predicted octanol–water partition coefficient (Wildman–Crippen LogP) is 2.05. The summed E-state index contributed by atoms with van der Waals surface area (Å²) >= 11 is 0. The van der Waals surface area contributed by atoms with Gasteiger partial charge in [0.25, 0.3) is 0 Å². The first-order valence-electron chi connectivity index (χ1n) is 5.86. The Hall–Kier alpha value is -1.22. The normalized spacial score (nSPS) is 15.4. The maximum atomic E-state index is 5.75. The summed E-state index contributed by atoms with van der Waals surface area (Å²) in [5.74, 6) is 0.913. The number of aryl methyl sites for hydroxylation is 1. The van der Waals surface area contributed by atoms with Crippen LogP contribution in [0.5, 0.6) is 5.75 Å². The van der Waals surface area contributed by atoms with Crippen molar-refractivity contribution < 1.29 is 4.74 Å². The molecule has 1 aliphatic rings. The standard InChI is InChI=1S/C13H20N2O/c1-10-9-12(5-6-13(10)14)16-8-7-15(2)11-3-4-11/h5-6,9,11H,3-4,7-8,14H2,1-2H3. The quantitative estimate of drug-likeness (QED) is 0.772. The highest BCUT2D eigenvalue weighted by molar-refractivity contribution is 5.49. The van der Waals surface area contributed by atoms with Crippen molar-refractivity contribution in [3.8, 4) is 5.75 Å². The van der Waals surface area contributed by atoms with E-state index in [1.54, 1.807) is 0 Å². The van der Waals surface area contributed by atoms with Crippen molar-refractivity contribution in [3.05, 3.63) is 23.8 Å². The van der Waals surface area contributed by atoms with Crippen LogP contribution in [0.2, 0.25) is 0 Å². The summed E-state index contributed by atoms with van der Waals surface area (Å²) < 4.78 is 5.69. The molecule has 0 heterocycles. The molecule has 0 aromatic heterocycles. The number of nitrogens with two attached hydrogens (primary N) is 1. The molecule has 0 saturated heterocycles. The second-order valence-corrected chi connectivity index (χ2v) is 4.58. The molecule has 1 saturated carbocycles. The van der Waals surface area contributed by atoms with Gasteiger partial charge in [0.15, 0.2) is 0 Å². The lowest BCUT2D eigenvalue weighted by Gasteiger charge is -2.16. The van der Waals surface area contributed by atoms with Crippen molar-refractivity contribution in [1.82, 2.24) is 4.90 Å². The van der Waals surface area contributed by atoms with Gasteiger partial charge in [-0.2, -0.15) is 0 Å². The van der Waals surface area contributed by atoms with E-state index in [1.165, 1.54) is 12.8 Å². The zero-order valence-electron chi connectivity index (χ0n) is 10.1. The molecule has 0 atom stereocenters. The summed E-state index contributed by atoms with van der Waals surface area (Å²) in [6, 6.07) is 6.62. The average Bonchev–Trinajstić information content (AvgIpc) is 3.07. The van der Waals surface area contributed by atoms with E-state index in [9.17, 15) is 0 Å². The Bertz CT molecular complexity index is 361. The fraction of sp³-hybridized carbons (Fsp3) is 0.538. The van der Waals surface area contributed by atoms with Gasteiger partial charge in [0.05, 0.1) is 0 Å². The summed E-state index contributed by atoms with van der Waals surface area (Å²) in [4.78, 5) is 2.37. The molecule has 16 heavy (non-hydrogen) atoms. The van der Waals surface area contributed by atoms with Crippen LogP contribution in [0, 0.1) is 6.92 Å². The highest BCUT2D eigenvalue weighted by Gasteiger charge is 2.25. The number of nitrogen functional groups attached to an aromatic ring is 1. The molecular formula is C13H20N2O. The molecule has 0 bridgehead atoms. The largest absolute Gasteiger partial charge is 0.492 e. The van der Waals surface area contributed by atoms with E-state index in [0.29, 0.717) is 0 Å². The molecular weight excluding hydrogens is 200 g/mol. The first kappa shape index (κ1) is 11.3. The number of hydrogen-bond donors (Lipinski definition) is 1. The average molecular weight is 220 g/mol. The third-order valence-corrected chi connectivity index (χ3v) is 3.12. The topological polar surface area (TPSA) is 38.5 Å². The van der Waals surface area contributed by atoms with Crippen LogP contribution in [-0.2, 0) is 0 Å². The van der Waals surface area contributed by atoms with Gasteiger partial charge in [0, 0.05) is 18.3 Å². The number of hydrogen-bond acceptors (Lipinski definition) is 3. The summed E-state index contributed by atoms with van der Waals surface area (Å²) in [5, 5.41) is 0. The van der Waals surface area contributed by atoms with Crippen LogP contribution in [0.4, 0.5) is 5.69 Å². The number of anilines is 1. The number of benzene rings is 1.